The van der Waals surface area contributed by atoms with Crippen molar-refractivity contribution in [2.24, 2.45) is 0 Å². The molecule has 3 rings (SSSR count). The highest BCUT2D eigenvalue weighted by atomic mass is 16.5. The summed E-state index contributed by atoms with van der Waals surface area (Å²) in [6.07, 6.45) is 7.63. The number of carbonyl (C=O) groups is 1. The minimum Gasteiger partial charge on any atom is -0.483 e. The third kappa shape index (κ3) is 3.29. The van der Waals surface area contributed by atoms with Crippen LogP contribution in [0.1, 0.15) is 45.7 Å². The minimum absolute atomic E-state index is 0.212. The van der Waals surface area contributed by atoms with Gasteiger partial charge in [0.05, 0.1) is 11.8 Å². The van der Waals surface area contributed by atoms with E-state index in [0.717, 1.165) is 5.57 Å². The first-order valence-electron chi connectivity index (χ1n) is 8.50. The van der Waals surface area contributed by atoms with E-state index >= 15 is 0 Å². The third-order valence-corrected chi connectivity index (χ3v) is 4.12. The number of allylic oxidation sites excluding steroid dienone is 2. The number of esters is 1. The molecule has 0 amide bonds. The summed E-state index contributed by atoms with van der Waals surface area (Å²) >= 11 is 0. The van der Waals surface area contributed by atoms with Gasteiger partial charge in [0.15, 0.2) is 16.8 Å². The number of ether oxygens (including phenoxy) is 2. The molecule has 5 nitrogen and oxygen atoms in total. The molecule has 0 unspecified atom stereocenters. The molecule has 0 atom stereocenters. The Hall–Kier alpha value is -2.82. The molecule has 1 aliphatic rings. The van der Waals surface area contributed by atoms with Crippen LogP contribution >= 0.6 is 0 Å². The number of hydrogen-bond donors (Lipinski definition) is 0. The lowest BCUT2D eigenvalue weighted by Crippen LogP contribution is -2.28. The SMILES string of the molecule is CC(=O)Oc1c(CC=C(C)C)c2c(c3occc(=O)c13)C=CC(C)(C)O2. The highest BCUT2D eigenvalue weighted by Crippen LogP contribution is 2.44. The highest BCUT2D eigenvalue weighted by Gasteiger charge is 2.30. The van der Waals surface area contributed by atoms with Gasteiger partial charge < -0.3 is 13.9 Å². The summed E-state index contributed by atoms with van der Waals surface area (Å²) < 4.78 is 17.3. The summed E-state index contributed by atoms with van der Waals surface area (Å²) in [6.45, 7) is 9.16. The third-order valence-electron chi connectivity index (χ3n) is 4.12. The molecule has 2 aromatic rings. The molecular formula is C21H22O5. The molecule has 0 saturated carbocycles. The van der Waals surface area contributed by atoms with E-state index in [9.17, 15) is 9.59 Å². The first kappa shape index (κ1) is 18.0. The maximum Gasteiger partial charge on any atom is 0.308 e. The van der Waals surface area contributed by atoms with Crippen LogP contribution in [0.3, 0.4) is 0 Å². The summed E-state index contributed by atoms with van der Waals surface area (Å²) in [4.78, 5) is 24.3. The number of benzene rings is 1. The molecule has 1 aliphatic heterocycles. The van der Waals surface area contributed by atoms with Gasteiger partial charge in [0.25, 0.3) is 0 Å². The maximum absolute atomic E-state index is 12.6. The van der Waals surface area contributed by atoms with E-state index in [0.29, 0.717) is 28.9 Å². The van der Waals surface area contributed by atoms with Gasteiger partial charge in [0.2, 0.25) is 0 Å². The van der Waals surface area contributed by atoms with Crippen molar-refractivity contribution in [2.75, 3.05) is 0 Å². The van der Waals surface area contributed by atoms with Gasteiger partial charge in [0.1, 0.15) is 16.7 Å². The molecular weight excluding hydrogens is 332 g/mol. The smallest absolute Gasteiger partial charge is 0.308 e. The van der Waals surface area contributed by atoms with Crippen LogP contribution in [-0.4, -0.2) is 11.6 Å². The second-order valence-electron chi connectivity index (χ2n) is 7.16. The summed E-state index contributed by atoms with van der Waals surface area (Å²) in [5.74, 6) is 0.288. The number of hydrogen-bond acceptors (Lipinski definition) is 5. The summed E-state index contributed by atoms with van der Waals surface area (Å²) in [6, 6.07) is 1.32. The van der Waals surface area contributed by atoms with Crippen LogP contribution < -0.4 is 14.9 Å². The lowest BCUT2D eigenvalue weighted by atomic mass is 9.94. The molecule has 0 spiro atoms. The van der Waals surface area contributed by atoms with Crippen molar-refractivity contribution in [1.82, 2.24) is 0 Å². The Morgan fingerprint density at radius 1 is 1.27 bits per heavy atom. The van der Waals surface area contributed by atoms with Crippen LogP contribution in [0.25, 0.3) is 17.0 Å². The normalized spacial score (nSPS) is 14.5. The second-order valence-corrected chi connectivity index (χ2v) is 7.16. The van der Waals surface area contributed by atoms with Crippen molar-refractivity contribution in [3.63, 3.8) is 0 Å². The van der Waals surface area contributed by atoms with E-state index in [1.54, 1.807) is 0 Å². The summed E-state index contributed by atoms with van der Waals surface area (Å²) in [7, 11) is 0. The largest absolute Gasteiger partial charge is 0.483 e. The van der Waals surface area contributed by atoms with E-state index in [1.807, 2.05) is 45.9 Å². The Balaban J connectivity index is 2.44. The molecule has 1 aromatic carbocycles. The van der Waals surface area contributed by atoms with Gasteiger partial charge in [-0.2, -0.15) is 0 Å². The lowest BCUT2D eigenvalue weighted by molar-refractivity contribution is -0.131. The number of carbonyl (C=O) groups excluding carboxylic acids is 1. The first-order chi connectivity index (χ1) is 12.2. The zero-order chi connectivity index (χ0) is 19.1. The van der Waals surface area contributed by atoms with E-state index in [2.05, 4.69) is 0 Å². The molecule has 1 aromatic heterocycles. The molecule has 5 heteroatoms. The number of fused-ring (bicyclic) bond motifs is 3. The maximum atomic E-state index is 12.6. The summed E-state index contributed by atoms with van der Waals surface area (Å²) in [5.41, 5.74) is 2.03. The van der Waals surface area contributed by atoms with Gasteiger partial charge in [0, 0.05) is 18.6 Å². The fourth-order valence-electron chi connectivity index (χ4n) is 2.95. The van der Waals surface area contributed by atoms with Crippen molar-refractivity contribution in [3.8, 4) is 11.5 Å². The molecule has 0 bridgehead atoms. The molecule has 0 N–H and O–H groups in total. The monoisotopic (exact) mass is 354 g/mol. The van der Waals surface area contributed by atoms with Crippen LogP contribution in [0.2, 0.25) is 0 Å². The number of rotatable bonds is 3. The molecule has 0 aliphatic carbocycles. The van der Waals surface area contributed by atoms with Gasteiger partial charge >= 0.3 is 5.97 Å². The van der Waals surface area contributed by atoms with Gasteiger partial charge in [-0.25, -0.2) is 0 Å². The predicted octanol–water partition coefficient (Wildman–Crippen LogP) is 4.41. The highest BCUT2D eigenvalue weighted by molar-refractivity contribution is 5.96. The van der Waals surface area contributed by atoms with Crippen molar-refractivity contribution in [3.05, 3.63) is 51.4 Å². The Labute approximate surface area is 151 Å². The Morgan fingerprint density at radius 2 is 2.00 bits per heavy atom. The van der Waals surface area contributed by atoms with Gasteiger partial charge in [-0.15, -0.1) is 0 Å². The van der Waals surface area contributed by atoms with Gasteiger partial charge in [-0.1, -0.05) is 11.6 Å². The fraction of sp³-hybridized carbons (Fsp3) is 0.333. The fourth-order valence-corrected chi connectivity index (χ4v) is 2.95. The van der Waals surface area contributed by atoms with Crippen LogP contribution in [-0.2, 0) is 11.2 Å². The average molecular weight is 354 g/mol. The molecule has 26 heavy (non-hydrogen) atoms. The average Bonchev–Trinajstić information content (AvgIpc) is 2.52. The van der Waals surface area contributed by atoms with E-state index in [4.69, 9.17) is 13.9 Å². The molecule has 2 heterocycles. The zero-order valence-corrected chi connectivity index (χ0v) is 15.6. The van der Waals surface area contributed by atoms with E-state index in [-0.39, 0.29) is 16.6 Å². The van der Waals surface area contributed by atoms with Gasteiger partial charge in [-0.05, 0) is 46.3 Å². The zero-order valence-electron chi connectivity index (χ0n) is 15.6. The quantitative estimate of drug-likeness (QED) is 0.464. The topological polar surface area (TPSA) is 65.7 Å². The van der Waals surface area contributed by atoms with Crippen molar-refractivity contribution in [1.29, 1.82) is 0 Å². The standard InChI is InChI=1S/C21H22O5/c1-12(2)6-7-14-18-15(8-10-21(4,5)26-18)19-17(16(23)9-11-24-19)20(14)25-13(3)22/h6,8-11H,7H2,1-5H3. The van der Waals surface area contributed by atoms with Crippen molar-refractivity contribution in [2.45, 2.75) is 46.6 Å². The van der Waals surface area contributed by atoms with Crippen molar-refractivity contribution < 1.29 is 18.7 Å². The van der Waals surface area contributed by atoms with Gasteiger partial charge in [-0.3, -0.25) is 9.59 Å². The summed E-state index contributed by atoms with van der Waals surface area (Å²) in [5, 5.41) is 0.256. The predicted molar refractivity (Wildman–Crippen MR) is 101 cm³/mol. The van der Waals surface area contributed by atoms with Crippen LogP contribution in [0.15, 0.2) is 39.3 Å². The molecule has 0 saturated heterocycles. The molecule has 0 fully saturated rings. The Kier molecular flexibility index (Phi) is 4.48. The minimum atomic E-state index is -0.525. The Morgan fingerprint density at radius 3 is 2.65 bits per heavy atom. The lowest BCUT2D eigenvalue weighted by Gasteiger charge is -2.30. The molecule has 0 radical (unpaired) electrons. The van der Waals surface area contributed by atoms with Crippen LogP contribution in [0, 0.1) is 0 Å². The van der Waals surface area contributed by atoms with Crippen LogP contribution in [0.4, 0.5) is 0 Å². The van der Waals surface area contributed by atoms with E-state index in [1.165, 1.54) is 19.3 Å². The molecule has 136 valence electrons. The van der Waals surface area contributed by atoms with E-state index < -0.39 is 11.6 Å². The van der Waals surface area contributed by atoms with Crippen molar-refractivity contribution >= 4 is 23.0 Å². The Bertz CT molecular complexity index is 1000. The van der Waals surface area contributed by atoms with Crippen LogP contribution in [0.5, 0.6) is 11.5 Å². The first-order valence-corrected chi connectivity index (χ1v) is 8.50. The second kappa shape index (κ2) is 6.48.